The second kappa shape index (κ2) is 12.0. The lowest BCUT2D eigenvalue weighted by Crippen LogP contribution is -2.35. The molecule has 16 heteroatoms. The van der Waals surface area contributed by atoms with Gasteiger partial charge >= 0.3 is 6.18 Å². The second-order valence-electron chi connectivity index (χ2n) is 12.5. The molecule has 0 spiro atoms. The normalized spacial score (nSPS) is 21.4. The zero-order valence-electron chi connectivity index (χ0n) is 26.1. The zero-order chi connectivity index (χ0) is 34.2. The minimum absolute atomic E-state index is 0.0598. The molecule has 252 valence electrons. The van der Waals surface area contributed by atoms with Crippen LogP contribution in [0.2, 0.25) is 0 Å². The molecule has 6 heterocycles. The Kier molecular flexibility index (Phi) is 7.87. The van der Waals surface area contributed by atoms with Crippen molar-refractivity contribution in [3.8, 4) is 0 Å². The largest absolute Gasteiger partial charge is 0.416 e. The molecule has 8 rings (SSSR count). The maximum atomic E-state index is 14.2. The standard InChI is InChI=1S/C33H28BrF3N8O2S2/c1-17-38-14-26-44(17)40-29(48-26)31(46)42-12-11-24(28(42)20-3-7-22(8-4-20)33(35,36)37)21-13-25(19-5-9-23(34)10-6-19)43(16-21)32(47)30-41-45-18(2)39-15-27(45)49-30/h3-10,14-15,21,24-25,28H,11-13,16H2,1-2H3. The highest BCUT2D eigenvalue weighted by atomic mass is 79.9. The number of amides is 2. The van der Waals surface area contributed by atoms with Crippen LogP contribution >= 0.6 is 38.6 Å². The van der Waals surface area contributed by atoms with E-state index in [-0.39, 0.29) is 29.7 Å². The number of likely N-dealkylation sites (tertiary alicyclic amines) is 2. The van der Waals surface area contributed by atoms with E-state index in [4.69, 9.17) is 0 Å². The molecule has 4 atom stereocenters. The van der Waals surface area contributed by atoms with Crippen LogP contribution in [-0.4, -0.2) is 63.9 Å². The van der Waals surface area contributed by atoms with Gasteiger partial charge < -0.3 is 9.80 Å². The molecule has 10 nitrogen and oxygen atoms in total. The third kappa shape index (κ3) is 5.62. The zero-order valence-corrected chi connectivity index (χ0v) is 29.4. The number of rotatable bonds is 5. The summed E-state index contributed by atoms with van der Waals surface area (Å²) in [6.07, 6.45) is 0.113. The molecular formula is C33H28BrF3N8O2S2. The predicted octanol–water partition coefficient (Wildman–Crippen LogP) is 7.40. The van der Waals surface area contributed by atoms with Gasteiger partial charge in [-0.1, -0.05) is 62.9 Å². The minimum Gasteiger partial charge on any atom is -0.329 e. The summed E-state index contributed by atoms with van der Waals surface area (Å²) in [7, 11) is 0. The van der Waals surface area contributed by atoms with Crippen molar-refractivity contribution in [3.63, 3.8) is 0 Å². The topological polar surface area (TPSA) is 101 Å². The highest BCUT2D eigenvalue weighted by molar-refractivity contribution is 9.10. The van der Waals surface area contributed by atoms with Crippen LogP contribution in [0, 0.1) is 25.7 Å². The fraction of sp³-hybridized carbons (Fsp3) is 0.333. The van der Waals surface area contributed by atoms with Gasteiger partial charge in [-0.3, -0.25) is 9.59 Å². The number of aryl methyl sites for hydroxylation is 2. The molecule has 2 saturated heterocycles. The van der Waals surface area contributed by atoms with Gasteiger partial charge in [-0.25, -0.2) is 19.0 Å². The Balaban J connectivity index is 1.16. The molecule has 0 radical (unpaired) electrons. The van der Waals surface area contributed by atoms with Crippen LogP contribution in [0.5, 0.6) is 0 Å². The van der Waals surface area contributed by atoms with Gasteiger partial charge in [0.25, 0.3) is 11.8 Å². The highest BCUT2D eigenvalue weighted by Crippen LogP contribution is 2.50. The van der Waals surface area contributed by atoms with Crippen molar-refractivity contribution in [3.05, 3.63) is 104 Å². The van der Waals surface area contributed by atoms with Gasteiger partial charge in [-0.15, -0.1) is 10.2 Å². The minimum atomic E-state index is -4.49. The molecule has 0 N–H and O–H groups in total. The summed E-state index contributed by atoms with van der Waals surface area (Å²) in [6, 6.07) is 12.2. The van der Waals surface area contributed by atoms with Crippen molar-refractivity contribution in [2.75, 3.05) is 13.1 Å². The average molecular weight is 770 g/mol. The summed E-state index contributed by atoms with van der Waals surface area (Å²) in [4.78, 5) is 42.0. The summed E-state index contributed by atoms with van der Waals surface area (Å²) >= 11 is 6.03. The number of benzene rings is 2. The number of aromatic nitrogens is 6. The van der Waals surface area contributed by atoms with Crippen molar-refractivity contribution in [2.24, 2.45) is 11.8 Å². The van der Waals surface area contributed by atoms with E-state index in [2.05, 4.69) is 36.1 Å². The Morgan fingerprint density at radius 2 is 1.37 bits per heavy atom. The lowest BCUT2D eigenvalue weighted by Gasteiger charge is -2.31. The van der Waals surface area contributed by atoms with Crippen molar-refractivity contribution >= 4 is 60.1 Å². The van der Waals surface area contributed by atoms with Crippen molar-refractivity contribution in [1.82, 2.24) is 39.0 Å². The van der Waals surface area contributed by atoms with Crippen LogP contribution in [0.15, 0.2) is 65.4 Å². The first-order valence-corrected chi connectivity index (χ1v) is 18.1. The number of hydrogen-bond donors (Lipinski definition) is 0. The maximum Gasteiger partial charge on any atom is 0.416 e. The van der Waals surface area contributed by atoms with Crippen molar-refractivity contribution < 1.29 is 22.8 Å². The SMILES string of the molecule is Cc1ncc2sc(C(=O)N3CC(C4CCN(C(=O)c5nn6c(C)ncc6s5)C4c4ccc(C(F)(F)F)cc4)CC3c3ccc(Br)cc3)nn12. The van der Waals surface area contributed by atoms with Crippen molar-refractivity contribution in [1.29, 1.82) is 0 Å². The smallest absolute Gasteiger partial charge is 0.329 e. The lowest BCUT2D eigenvalue weighted by molar-refractivity contribution is -0.137. The van der Waals surface area contributed by atoms with Crippen LogP contribution in [0.1, 0.15) is 72.9 Å². The van der Waals surface area contributed by atoms with Crippen LogP contribution in [0.25, 0.3) is 9.66 Å². The molecule has 0 saturated carbocycles. The monoisotopic (exact) mass is 768 g/mol. The molecule has 2 aliphatic rings. The molecule has 2 fully saturated rings. The van der Waals surface area contributed by atoms with E-state index in [1.54, 1.807) is 33.2 Å². The first-order chi connectivity index (χ1) is 23.5. The molecule has 6 aromatic rings. The molecule has 49 heavy (non-hydrogen) atoms. The highest BCUT2D eigenvalue weighted by Gasteiger charge is 2.48. The van der Waals surface area contributed by atoms with E-state index < -0.39 is 17.8 Å². The fourth-order valence-electron chi connectivity index (χ4n) is 7.29. The van der Waals surface area contributed by atoms with E-state index in [1.807, 2.05) is 36.1 Å². The van der Waals surface area contributed by atoms with E-state index in [9.17, 15) is 22.8 Å². The van der Waals surface area contributed by atoms with E-state index in [0.717, 1.165) is 31.8 Å². The molecule has 2 aromatic carbocycles. The Morgan fingerprint density at radius 3 is 1.92 bits per heavy atom. The molecule has 0 aliphatic carbocycles. The van der Waals surface area contributed by atoms with Gasteiger partial charge in [-0.05, 0) is 73.9 Å². The Morgan fingerprint density at radius 1 is 0.816 bits per heavy atom. The van der Waals surface area contributed by atoms with E-state index in [1.165, 1.54) is 34.8 Å². The number of fused-ring (bicyclic) bond motifs is 2. The number of carbonyl (C=O) groups excluding carboxylic acids is 2. The van der Waals surface area contributed by atoms with Gasteiger partial charge in [-0.2, -0.15) is 13.2 Å². The first-order valence-electron chi connectivity index (χ1n) is 15.6. The van der Waals surface area contributed by atoms with Gasteiger partial charge in [0, 0.05) is 17.6 Å². The third-order valence-electron chi connectivity index (χ3n) is 9.64. The quantitative estimate of drug-likeness (QED) is 0.181. The van der Waals surface area contributed by atoms with Gasteiger partial charge in [0.05, 0.1) is 30.0 Å². The number of imidazole rings is 2. The summed E-state index contributed by atoms with van der Waals surface area (Å²) in [5.74, 6) is 0.678. The third-order valence-corrected chi connectivity index (χ3v) is 12.0. The molecule has 2 amide bonds. The first kappa shape index (κ1) is 32.1. The van der Waals surface area contributed by atoms with E-state index >= 15 is 0 Å². The number of nitrogens with zero attached hydrogens (tertiary/aromatic N) is 8. The Labute approximate surface area is 294 Å². The number of hydrogen-bond acceptors (Lipinski definition) is 8. The molecule has 4 aromatic heterocycles. The fourth-order valence-corrected chi connectivity index (χ4v) is 9.34. The molecule has 0 bridgehead atoms. The van der Waals surface area contributed by atoms with Gasteiger partial charge in [0.1, 0.15) is 21.3 Å². The summed E-state index contributed by atoms with van der Waals surface area (Å²) < 4.78 is 44.9. The number of alkyl halides is 3. The molecular weight excluding hydrogens is 741 g/mol. The summed E-state index contributed by atoms with van der Waals surface area (Å²) in [5, 5.41) is 9.75. The summed E-state index contributed by atoms with van der Waals surface area (Å²) in [6.45, 7) is 4.44. The van der Waals surface area contributed by atoms with Crippen LogP contribution in [0.4, 0.5) is 13.2 Å². The van der Waals surface area contributed by atoms with Crippen LogP contribution in [0.3, 0.4) is 0 Å². The molecule has 4 unspecified atom stereocenters. The molecule has 2 aliphatic heterocycles. The Bertz CT molecular complexity index is 2210. The Hall–Kier alpha value is -4.15. The van der Waals surface area contributed by atoms with Crippen LogP contribution < -0.4 is 0 Å². The number of halogens is 4. The van der Waals surface area contributed by atoms with Crippen LogP contribution in [-0.2, 0) is 6.18 Å². The average Bonchev–Trinajstić information content (AvgIpc) is 3.93. The summed E-state index contributed by atoms with van der Waals surface area (Å²) in [5.41, 5.74) is 0.841. The number of carbonyl (C=O) groups is 2. The lowest BCUT2D eigenvalue weighted by atomic mass is 9.81. The second-order valence-corrected chi connectivity index (χ2v) is 15.4. The maximum absolute atomic E-state index is 14.2. The van der Waals surface area contributed by atoms with Crippen molar-refractivity contribution in [2.45, 2.75) is 44.9 Å². The van der Waals surface area contributed by atoms with E-state index in [0.29, 0.717) is 53.2 Å². The van der Waals surface area contributed by atoms with Gasteiger partial charge in [0.2, 0.25) is 10.0 Å². The predicted molar refractivity (Wildman–Crippen MR) is 181 cm³/mol. The van der Waals surface area contributed by atoms with Gasteiger partial charge in [0.15, 0.2) is 0 Å².